The van der Waals surface area contributed by atoms with Crippen LogP contribution in [0.25, 0.3) is 0 Å². The van der Waals surface area contributed by atoms with E-state index in [-0.39, 0.29) is 10.1 Å². The lowest BCUT2D eigenvalue weighted by Gasteiger charge is -2.30. The minimum absolute atomic E-state index is 0.108. The molecule has 1 aromatic heterocycles. The van der Waals surface area contributed by atoms with Gasteiger partial charge >= 0.3 is 0 Å². The van der Waals surface area contributed by atoms with Crippen molar-refractivity contribution < 1.29 is 17.9 Å². The van der Waals surface area contributed by atoms with Crippen LogP contribution in [-0.4, -0.2) is 28.0 Å². The fourth-order valence-corrected chi connectivity index (χ4v) is 5.42. The molecule has 1 aliphatic heterocycles. The van der Waals surface area contributed by atoms with Gasteiger partial charge in [-0.3, -0.25) is 9.52 Å². The van der Waals surface area contributed by atoms with Crippen molar-refractivity contribution in [2.24, 2.45) is 0 Å². The molecule has 0 unspecified atom stereocenters. The molecule has 1 amide bonds. The summed E-state index contributed by atoms with van der Waals surface area (Å²) < 4.78 is 32.7. The Morgan fingerprint density at radius 2 is 1.93 bits per heavy atom. The highest BCUT2D eigenvalue weighted by atomic mass is 32.2. The molecule has 0 bridgehead atoms. The third kappa shape index (κ3) is 3.99. The first-order valence-corrected chi connectivity index (χ1v) is 11.5. The predicted octanol–water partition coefficient (Wildman–Crippen LogP) is 4.15. The maximum atomic E-state index is 13.1. The highest BCUT2D eigenvalue weighted by Crippen LogP contribution is 2.31. The molecule has 4 rings (SSSR count). The summed E-state index contributed by atoms with van der Waals surface area (Å²) >= 11 is 1.15. The molecule has 0 atom stereocenters. The van der Waals surface area contributed by atoms with Crippen molar-refractivity contribution in [2.75, 3.05) is 23.3 Å². The number of nitrogens with one attached hydrogen (secondary N) is 1. The number of sulfonamides is 1. The van der Waals surface area contributed by atoms with Crippen LogP contribution in [0.4, 0.5) is 11.4 Å². The summed E-state index contributed by atoms with van der Waals surface area (Å²) in [6.45, 7) is 0.644. The van der Waals surface area contributed by atoms with Gasteiger partial charge in [-0.25, -0.2) is 8.42 Å². The Labute approximate surface area is 173 Å². The molecule has 0 fully saturated rings. The SMILES string of the molecule is COc1ccc2c(c1)CCCN2C(=O)c1ccc(NS(=O)(=O)c2cccs2)cc1. The minimum atomic E-state index is -3.61. The lowest BCUT2D eigenvalue weighted by molar-refractivity contribution is 0.0985. The predicted molar refractivity (Wildman–Crippen MR) is 115 cm³/mol. The van der Waals surface area contributed by atoms with E-state index >= 15 is 0 Å². The molecule has 0 aliphatic carbocycles. The van der Waals surface area contributed by atoms with Crippen LogP contribution in [0.5, 0.6) is 5.75 Å². The summed E-state index contributed by atoms with van der Waals surface area (Å²) in [6, 6.07) is 15.5. The first-order chi connectivity index (χ1) is 14.0. The van der Waals surface area contributed by atoms with Crippen LogP contribution in [-0.2, 0) is 16.4 Å². The summed E-state index contributed by atoms with van der Waals surface area (Å²) in [5.74, 6) is 0.671. The zero-order valence-corrected chi connectivity index (χ0v) is 17.4. The average Bonchev–Trinajstić information content (AvgIpc) is 3.29. The van der Waals surface area contributed by atoms with Gasteiger partial charge in [-0.1, -0.05) is 6.07 Å². The summed E-state index contributed by atoms with van der Waals surface area (Å²) in [4.78, 5) is 14.8. The lowest BCUT2D eigenvalue weighted by atomic mass is 10.0. The molecule has 2 aromatic carbocycles. The van der Waals surface area contributed by atoms with E-state index in [9.17, 15) is 13.2 Å². The number of carbonyl (C=O) groups is 1. The Hall–Kier alpha value is -2.84. The van der Waals surface area contributed by atoms with Crippen LogP contribution in [0.3, 0.4) is 0 Å². The number of hydrogen-bond donors (Lipinski definition) is 1. The van der Waals surface area contributed by atoms with E-state index in [0.29, 0.717) is 17.8 Å². The van der Waals surface area contributed by atoms with E-state index < -0.39 is 10.0 Å². The van der Waals surface area contributed by atoms with Crippen molar-refractivity contribution in [1.82, 2.24) is 0 Å². The van der Waals surface area contributed by atoms with Crippen LogP contribution < -0.4 is 14.4 Å². The van der Waals surface area contributed by atoms with E-state index in [0.717, 1.165) is 41.2 Å². The normalized spacial score (nSPS) is 13.6. The molecule has 29 heavy (non-hydrogen) atoms. The summed E-state index contributed by atoms with van der Waals surface area (Å²) in [5, 5.41) is 1.71. The third-order valence-electron chi connectivity index (χ3n) is 4.79. The summed E-state index contributed by atoms with van der Waals surface area (Å²) in [6.07, 6.45) is 1.78. The molecule has 0 radical (unpaired) electrons. The molecule has 1 N–H and O–H groups in total. The molecule has 8 heteroatoms. The molecule has 1 aliphatic rings. The molecule has 6 nitrogen and oxygen atoms in total. The number of aryl methyl sites for hydroxylation is 1. The van der Waals surface area contributed by atoms with Crippen LogP contribution in [0.15, 0.2) is 64.2 Å². The van der Waals surface area contributed by atoms with Gasteiger partial charge in [-0.05, 0) is 72.3 Å². The fourth-order valence-electron chi connectivity index (χ4n) is 3.37. The third-order valence-corrected chi connectivity index (χ3v) is 7.57. The Bertz CT molecular complexity index is 1120. The number of hydrogen-bond acceptors (Lipinski definition) is 5. The molecule has 2 heterocycles. The van der Waals surface area contributed by atoms with Gasteiger partial charge < -0.3 is 9.64 Å². The highest BCUT2D eigenvalue weighted by Gasteiger charge is 2.24. The van der Waals surface area contributed by atoms with E-state index in [4.69, 9.17) is 4.74 Å². The standard InChI is InChI=1S/C21H20N2O4S2/c1-27-18-10-11-19-16(14-18)4-2-12-23(19)21(24)15-6-8-17(9-7-15)22-29(25,26)20-5-3-13-28-20/h3,5-11,13-14,22H,2,4,12H2,1H3. The molecular weight excluding hydrogens is 408 g/mol. The number of ether oxygens (including phenoxy) is 1. The van der Waals surface area contributed by atoms with Crippen molar-refractivity contribution in [3.63, 3.8) is 0 Å². The van der Waals surface area contributed by atoms with Crippen LogP contribution >= 0.6 is 11.3 Å². The molecule has 0 saturated carbocycles. The van der Waals surface area contributed by atoms with Gasteiger partial charge in [0.2, 0.25) is 0 Å². The molecule has 0 saturated heterocycles. The largest absolute Gasteiger partial charge is 0.497 e. The number of benzene rings is 2. The second-order valence-electron chi connectivity index (χ2n) is 6.67. The Morgan fingerprint density at radius 1 is 1.14 bits per heavy atom. The van der Waals surface area contributed by atoms with Crippen LogP contribution in [0.2, 0.25) is 0 Å². The summed E-state index contributed by atoms with van der Waals surface area (Å²) in [5.41, 5.74) is 2.90. The van der Waals surface area contributed by atoms with E-state index in [2.05, 4.69) is 4.72 Å². The Kier molecular flexibility index (Phi) is 5.29. The van der Waals surface area contributed by atoms with Crippen molar-refractivity contribution in [2.45, 2.75) is 17.1 Å². The smallest absolute Gasteiger partial charge is 0.271 e. The number of carbonyl (C=O) groups excluding carboxylic acids is 1. The first kappa shape index (κ1) is 19.5. The van der Waals surface area contributed by atoms with Gasteiger partial charge in [0, 0.05) is 23.5 Å². The van der Waals surface area contributed by atoms with Crippen molar-refractivity contribution >= 4 is 38.6 Å². The van der Waals surface area contributed by atoms with Gasteiger partial charge in [0.05, 0.1) is 7.11 Å². The molecular formula is C21H20N2O4S2. The van der Waals surface area contributed by atoms with Gasteiger partial charge in [-0.2, -0.15) is 0 Å². The van der Waals surface area contributed by atoms with Gasteiger partial charge in [0.1, 0.15) is 9.96 Å². The Morgan fingerprint density at radius 3 is 2.62 bits per heavy atom. The van der Waals surface area contributed by atoms with Crippen LogP contribution in [0, 0.1) is 0 Å². The number of nitrogens with zero attached hydrogens (tertiary/aromatic N) is 1. The van der Waals surface area contributed by atoms with Gasteiger partial charge in [0.15, 0.2) is 0 Å². The molecule has 150 valence electrons. The zero-order chi connectivity index (χ0) is 20.4. The summed E-state index contributed by atoms with van der Waals surface area (Å²) in [7, 11) is -1.98. The quantitative estimate of drug-likeness (QED) is 0.662. The van der Waals surface area contributed by atoms with E-state index in [1.165, 1.54) is 0 Å². The van der Waals surface area contributed by atoms with Crippen molar-refractivity contribution in [1.29, 1.82) is 0 Å². The number of methoxy groups -OCH3 is 1. The maximum absolute atomic E-state index is 13.1. The van der Waals surface area contributed by atoms with Crippen molar-refractivity contribution in [3.05, 3.63) is 71.1 Å². The Balaban J connectivity index is 1.54. The number of anilines is 2. The van der Waals surface area contributed by atoms with Gasteiger partial charge in [0.25, 0.3) is 15.9 Å². The zero-order valence-electron chi connectivity index (χ0n) is 15.8. The van der Waals surface area contributed by atoms with E-state index in [1.54, 1.807) is 53.8 Å². The average molecular weight is 429 g/mol. The van der Waals surface area contributed by atoms with E-state index in [1.807, 2.05) is 18.2 Å². The van der Waals surface area contributed by atoms with Crippen LogP contribution in [0.1, 0.15) is 22.3 Å². The van der Waals surface area contributed by atoms with Gasteiger partial charge in [-0.15, -0.1) is 11.3 Å². The topological polar surface area (TPSA) is 75.7 Å². The molecule has 0 spiro atoms. The lowest BCUT2D eigenvalue weighted by Crippen LogP contribution is -2.35. The number of thiophene rings is 1. The molecule has 3 aromatic rings. The highest BCUT2D eigenvalue weighted by molar-refractivity contribution is 7.94. The maximum Gasteiger partial charge on any atom is 0.271 e. The van der Waals surface area contributed by atoms with Crippen molar-refractivity contribution in [3.8, 4) is 5.75 Å². The minimum Gasteiger partial charge on any atom is -0.497 e. The monoisotopic (exact) mass is 428 g/mol. The fraction of sp³-hybridized carbons (Fsp3) is 0.190. The second kappa shape index (κ2) is 7.88. The first-order valence-electron chi connectivity index (χ1n) is 9.13. The second-order valence-corrected chi connectivity index (χ2v) is 9.53. The number of rotatable bonds is 5. The number of amides is 1. The number of fused-ring (bicyclic) bond motifs is 1.